The van der Waals surface area contributed by atoms with Crippen LogP contribution in [0.2, 0.25) is 5.02 Å². The van der Waals surface area contributed by atoms with Crippen LogP contribution in [0.3, 0.4) is 0 Å². The van der Waals surface area contributed by atoms with E-state index in [-0.39, 0.29) is 0 Å². The topological polar surface area (TPSA) is 39.9 Å². The van der Waals surface area contributed by atoms with E-state index in [2.05, 4.69) is 10.3 Å². The fourth-order valence-electron chi connectivity index (χ4n) is 2.54. The molecule has 142 valence electrons. The first-order chi connectivity index (χ1) is 12.9. The van der Waals surface area contributed by atoms with Crippen molar-refractivity contribution in [2.75, 3.05) is 6.61 Å². The van der Waals surface area contributed by atoms with Crippen molar-refractivity contribution in [3.8, 4) is 17.0 Å². The molecule has 0 amide bonds. The van der Waals surface area contributed by atoms with Crippen LogP contribution in [-0.4, -0.2) is 21.6 Å². The highest BCUT2D eigenvalue weighted by Gasteiger charge is 2.30. The Hall–Kier alpha value is -2.54. The molecule has 0 aliphatic carbocycles. The van der Waals surface area contributed by atoms with E-state index in [9.17, 15) is 13.2 Å². The zero-order chi connectivity index (χ0) is 19.4. The van der Waals surface area contributed by atoms with Crippen molar-refractivity contribution in [1.82, 2.24) is 15.0 Å². The minimum atomic E-state index is -4.36. The number of nitrogens with zero attached hydrogens (tertiary/aromatic N) is 3. The minimum absolute atomic E-state index is 0.382. The highest BCUT2D eigenvalue weighted by molar-refractivity contribution is 6.30. The normalized spacial score (nSPS) is 11.6. The van der Waals surface area contributed by atoms with Crippen LogP contribution in [0.5, 0.6) is 5.75 Å². The Morgan fingerprint density at radius 2 is 1.85 bits per heavy atom. The average molecular weight is 396 g/mol. The zero-order valence-electron chi connectivity index (χ0n) is 14.5. The van der Waals surface area contributed by atoms with E-state index in [0.717, 1.165) is 24.1 Å². The highest BCUT2D eigenvalue weighted by Crippen LogP contribution is 2.30. The third-order valence-electron chi connectivity index (χ3n) is 3.86. The number of benzene rings is 2. The molecule has 0 fully saturated rings. The van der Waals surface area contributed by atoms with Gasteiger partial charge in [-0.25, -0.2) is 4.68 Å². The molecule has 1 aromatic heterocycles. The van der Waals surface area contributed by atoms with E-state index in [1.54, 1.807) is 29.1 Å². The quantitative estimate of drug-likeness (QED) is 0.556. The Morgan fingerprint density at radius 3 is 2.52 bits per heavy atom. The molecule has 0 bridgehead atoms. The second kappa shape index (κ2) is 8.00. The predicted octanol–water partition coefficient (Wildman–Crippen LogP) is 5.45. The molecule has 0 unspecified atom stereocenters. The van der Waals surface area contributed by atoms with Gasteiger partial charge in [0, 0.05) is 16.1 Å². The largest absolute Gasteiger partial charge is 0.493 e. The molecule has 3 aromatic rings. The lowest BCUT2D eigenvalue weighted by molar-refractivity contribution is -0.137. The molecule has 0 saturated carbocycles. The van der Waals surface area contributed by atoms with Crippen LogP contribution in [0.4, 0.5) is 13.2 Å². The van der Waals surface area contributed by atoms with Gasteiger partial charge in [0.1, 0.15) is 11.4 Å². The van der Waals surface area contributed by atoms with Crippen molar-refractivity contribution in [3.05, 3.63) is 64.8 Å². The van der Waals surface area contributed by atoms with E-state index in [1.807, 2.05) is 6.92 Å². The first-order valence-corrected chi connectivity index (χ1v) is 8.73. The first-order valence-electron chi connectivity index (χ1n) is 8.36. The molecule has 0 N–H and O–H groups in total. The van der Waals surface area contributed by atoms with Gasteiger partial charge in [0.2, 0.25) is 0 Å². The fourth-order valence-corrected chi connectivity index (χ4v) is 2.73. The van der Waals surface area contributed by atoms with Gasteiger partial charge in [-0.15, -0.1) is 5.10 Å². The number of halogens is 4. The van der Waals surface area contributed by atoms with Crippen molar-refractivity contribution in [2.24, 2.45) is 0 Å². The van der Waals surface area contributed by atoms with E-state index in [0.29, 0.717) is 35.2 Å². The molecule has 2 aromatic carbocycles. The highest BCUT2D eigenvalue weighted by atomic mass is 35.5. The number of rotatable bonds is 6. The van der Waals surface area contributed by atoms with E-state index < -0.39 is 11.7 Å². The molecule has 8 heteroatoms. The molecular formula is C19H17ClF3N3O. The lowest BCUT2D eigenvalue weighted by Crippen LogP contribution is -2.05. The average Bonchev–Trinajstić information content (AvgIpc) is 3.09. The van der Waals surface area contributed by atoms with Crippen LogP contribution < -0.4 is 4.74 Å². The van der Waals surface area contributed by atoms with Crippen molar-refractivity contribution >= 4 is 11.6 Å². The number of alkyl halides is 3. The molecule has 0 aliphatic rings. The SMILES string of the molecule is CCCOc1ccc(Cl)cc1Cn1cc(-c2ccc(C(F)(F)F)cc2)nn1. The van der Waals surface area contributed by atoms with Gasteiger partial charge >= 0.3 is 6.18 Å². The molecule has 27 heavy (non-hydrogen) atoms. The van der Waals surface area contributed by atoms with Gasteiger partial charge in [0.05, 0.1) is 24.9 Å². The summed E-state index contributed by atoms with van der Waals surface area (Å²) in [6, 6.07) is 10.2. The van der Waals surface area contributed by atoms with Gasteiger partial charge in [-0.3, -0.25) is 0 Å². The summed E-state index contributed by atoms with van der Waals surface area (Å²) in [6.45, 7) is 2.99. The van der Waals surface area contributed by atoms with Gasteiger partial charge in [0.15, 0.2) is 0 Å². The summed E-state index contributed by atoms with van der Waals surface area (Å²) < 4.78 is 45.3. The third-order valence-corrected chi connectivity index (χ3v) is 4.10. The molecule has 0 spiro atoms. The van der Waals surface area contributed by atoms with Crippen LogP contribution in [0.25, 0.3) is 11.3 Å². The summed E-state index contributed by atoms with van der Waals surface area (Å²) in [5, 5.41) is 8.68. The van der Waals surface area contributed by atoms with E-state index >= 15 is 0 Å². The second-order valence-electron chi connectivity index (χ2n) is 5.98. The summed E-state index contributed by atoms with van der Waals surface area (Å²) in [5.74, 6) is 0.716. The number of ether oxygens (including phenoxy) is 1. The summed E-state index contributed by atoms with van der Waals surface area (Å²) >= 11 is 6.08. The molecule has 0 aliphatic heterocycles. The lowest BCUT2D eigenvalue weighted by Gasteiger charge is -2.11. The van der Waals surface area contributed by atoms with Crippen LogP contribution in [0.1, 0.15) is 24.5 Å². The van der Waals surface area contributed by atoms with Crippen LogP contribution in [0, 0.1) is 0 Å². The molecule has 0 radical (unpaired) electrons. The standard InChI is InChI=1S/C19H17ClF3N3O/c1-2-9-27-18-8-7-16(20)10-14(18)11-26-12-17(24-25-26)13-3-5-15(6-4-13)19(21,22)23/h3-8,10,12H,2,9,11H2,1H3. The third kappa shape index (κ3) is 4.80. The molecular weight excluding hydrogens is 379 g/mol. The Labute approximate surface area is 159 Å². The Bertz CT molecular complexity index is 907. The van der Waals surface area contributed by atoms with Crippen LogP contribution in [0.15, 0.2) is 48.7 Å². The van der Waals surface area contributed by atoms with Crippen molar-refractivity contribution in [2.45, 2.75) is 26.1 Å². The van der Waals surface area contributed by atoms with E-state index in [4.69, 9.17) is 16.3 Å². The summed E-state index contributed by atoms with van der Waals surface area (Å²) in [6.07, 6.45) is -1.81. The molecule has 4 nitrogen and oxygen atoms in total. The fraction of sp³-hybridized carbons (Fsp3) is 0.263. The van der Waals surface area contributed by atoms with Gasteiger partial charge in [-0.1, -0.05) is 35.9 Å². The van der Waals surface area contributed by atoms with E-state index in [1.165, 1.54) is 12.1 Å². The van der Waals surface area contributed by atoms with Gasteiger partial charge in [-0.2, -0.15) is 13.2 Å². The van der Waals surface area contributed by atoms with Crippen molar-refractivity contribution in [3.63, 3.8) is 0 Å². The predicted molar refractivity (Wildman–Crippen MR) is 96.8 cm³/mol. The lowest BCUT2D eigenvalue weighted by atomic mass is 10.1. The van der Waals surface area contributed by atoms with Crippen molar-refractivity contribution in [1.29, 1.82) is 0 Å². The maximum Gasteiger partial charge on any atom is 0.416 e. The molecule has 3 rings (SSSR count). The van der Waals surface area contributed by atoms with Crippen LogP contribution in [-0.2, 0) is 12.7 Å². The molecule has 1 heterocycles. The molecule has 0 atom stereocenters. The second-order valence-corrected chi connectivity index (χ2v) is 6.41. The van der Waals surface area contributed by atoms with Crippen LogP contribution >= 0.6 is 11.6 Å². The van der Waals surface area contributed by atoms with Gasteiger partial charge in [0.25, 0.3) is 0 Å². The van der Waals surface area contributed by atoms with Gasteiger partial charge in [-0.05, 0) is 36.8 Å². The minimum Gasteiger partial charge on any atom is -0.493 e. The number of hydrogen-bond donors (Lipinski definition) is 0. The Morgan fingerprint density at radius 1 is 1.11 bits per heavy atom. The summed E-state index contributed by atoms with van der Waals surface area (Å²) in [5.41, 5.74) is 1.19. The summed E-state index contributed by atoms with van der Waals surface area (Å²) in [7, 11) is 0. The smallest absolute Gasteiger partial charge is 0.416 e. The number of aromatic nitrogens is 3. The number of hydrogen-bond acceptors (Lipinski definition) is 3. The first kappa shape index (κ1) is 19.2. The monoisotopic (exact) mass is 395 g/mol. The van der Waals surface area contributed by atoms with Crippen molar-refractivity contribution < 1.29 is 17.9 Å². The maximum absolute atomic E-state index is 12.7. The molecule has 0 saturated heterocycles. The Balaban J connectivity index is 1.80. The summed E-state index contributed by atoms with van der Waals surface area (Å²) in [4.78, 5) is 0. The zero-order valence-corrected chi connectivity index (χ0v) is 15.3. The maximum atomic E-state index is 12.7. The van der Waals surface area contributed by atoms with Gasteiger partial charge < -0.3 is 4.74 Å². The Kier molecular flexibility index (Phi) is 5.70.